The molecule has 0 fully saturated rings. The van der Waals surface area contributed by atoms with Crippen molar-refractivity contribution in [2.24, 2.45) is 0 Å². The van der Waals surface area contributed by atoms with Crippen molar-refractivity contribution in [2.75, 3.05) is 12.4 Å². The van der Waals surface area contributed by atoms with Crippen LogP contribution in [-0.2, 0) is 15.0 Å². The summed E-state index contributed by atoms with van der Waals surface area (Å²) in [5.41, 5.74) is 0.655. The van der Waals surface area contributed by atoms with Crippen molar-refractivity contribution < 1.29 is 24.2 Å². The highest BCUT2D eigenvalue weighted by molar-refractivity contribution is 6.37. The molecule has 8 heteroatoms. The minimum atomic E-state index is -1.27. The molecule has 0 heterocycles. The van der Waals surface area contributed by atoms with Crippen LogP contribution in [0, 0.1) is 0 Å². The normalized spacial score (nSPS) is 12.6. The van der Waals surface area contributed by atoms with Crippen LogP contribution in [0.1, 0.15) is 50.7 Å². The van der Waals surface area contributed by atoms with E-state index in [0.717, 1.165) is 11.3 Å². The Morgan fingerprint density at radius 3 is 2.19 bits per heavy atom. The molecule has 0 aliphatic rings. The molecule has 1 unspecified atom stereocenters. The zero-order valence-corrected chi connectivity index (χ0v) is 22.1. The molecule has 3 aromatic rings. The van der Waals surface area contributed by atoms with E-state index in [1.54, 1.807) is 44.4 Å². The number of rotatable bonds is 10. The average Bonchev–Trinajstić information content (AvgIpc) is 2.85. The number of benzene rings is 3. The Kier molecular flexibility index (Phi) is 8.88. The molecular formula is C28H29Cl2NO5. The molecule has 2 N–H and O–H groups in total. The molecule has 6 nitrogen and oxygen atoms in total. The van der Waals surface area contributed by atoms with Crippen molar-refractivity contribution in [3.8, 4) is 17.2 Å². The molecule has 0 spiro atoms. The number of carboxylic acid groups (broad SMARTS) is 1. The number of aliphatic carboxylic acids is 1. The zero-order valence-electron chi connectivity index (χ0n) is 20.6. The second kappa shape index (κ2) is 11.7. The summed E-state index contributed by atoms with van der Waals surface area (Å²) in [6.45, 7) is 5.89. The lowest BCUT2D eigenvalue weighted by molar-refractivity contribution is -0.141. The molecule has 3 rings (SSSR count). The first-order valence-electron chi connectivity index (χ1n) is 11.5. The van der Waals surface area contributed by atoms with Crippen molar-refractivity contribution in [2.45, 2.75) is 44.9 Å². The summed E-state index contributed by atoms with van der Waals surface area (Å²) in [6, 6.07) is 17.4. The monoisotopic (exact) mass is 529 g/mol. The topological polar surface area (TPSA) is 84.9 Å². The highest BCUT2D eigenvalue weighted by Crippen LogP contribution is 2.41. The maximum atomic E-state index is 13.5. The molecule has 1 amide bonds. The number of carboxylic acids is 1. The van der Waals surface area contributed by atoms with Crippen LogP contribution in [0.15, 0.2) is 60.7 Å². The lowest BCUT2D eigenvalue weighted by atomic mass is 9.74. The van der Waals surface area contributed by atoms with E-state index >= 15 is 0 Å². The van der Waals surface area contributed by atoms with Crippen molar-refractivity contribution in [1.82, 2.24) is 0 Å². The van der Waals surface area contributed by atoms with E-state index in [2.05, 4.69) is 19.2 Å². The van der Waals surface area contributed by atoms with Crippen LogP contribution >= 0.6 is 23.2 Å². The quantitative estimate of drug-likeness (QED) is 0.281. The predicted octanol–water partition coefficient (Wildman–Crippen LogP) is 7.68. The summed E-state index contributed by atoms with van der Waals surface area (Å²) in [4.78, 5) is 25.1. The van der Waals surface area contributed by atoms with Gasteiger partial charge in [-0.3, -0.25) is 9.59 Å². The van der Waals surface area contributed by atoms with Crippen LogP contribution in [-0.4, -0.2) is 24.1 Å². The van der Waals surface area contributed by atoms with Gasteiger partial charge in [-0.15, -0.1) is 0 Å². The fourth-order valence-electron chi connectivity index (χ4n) is 4.14. The molecule has 3 aromatic carbocycles. The molecule has 0 aliphatic carbocycles. The third-order valence-corrected chi connectivity index (χ3v) is 6.68. The first kappa shape index (κ1) is 27.4. The van der Waals surface area contributed by atoms with E-state index < -0.39 is 17.3 Å². The number of hydrogen-bond acceptors (Lipinski definition) is 4. The molecule has 0 saturated carbocycles. The number of amides is 1. The molecule has 0 saturated heterocycles. The number of halogens is 2. The van der Waals surface area contributed by atoms with Gasteiger partial charge in [-0.25, -0.2) is 0 Å². The van der Waals surface area contributed by atoms with Crippen LogP contribution < -0.4 is 14.8 Å². The van der Waals surface area contributed by atoms with Gasteiger partial charge in [-0.2, -0.15) is 0 Å². The third kappa shape index (κ3) is 5.94. The number of ether oxygens (including phenoxy) is 2. The number of carbonyl (C=O) groups excluding carboxylic acids is 1. The van der Waals surface area contributed by atoms with E-state index in [1.807, 2.05) is 18.2 Å². The van der Waals surface area contributed by atoms with Gasteiger partial charge in [-0.1, -0.05) is 74.3 Å². The summed E-state index contributed by atoms with van der Waals surface area (Å²) in [7, 11) is 1.62. The second-order valence-electron chi connectivity index (χ2n) is 8.76. The standard InChI is InChI=1S/C28H29Cl2NO5/c1-5-28(16-25(32)33,18-9-7-6-8-10-18)27(34)31-19-13-22(29)26(23(30)14-19)36-20-11-12-24(35-4)21(15-20)17(2)3/h6-15,17H,5,16H2,1-4H3,(H,31,34)(H,32,33). The molecule has 190 valence electrons. The van der Waals surface area contributed by atoms with Gasteiger partial charge in [0.2, 0.25) is 5.91 Å². The van der Waals surface area contributed by atoms with Gasteiger partial charge in [0.05, 0.1) is 29.0 Å². The van der Waals surface area contributed by atoms with Crippen molar-refractivity contribution in [3.05, 3.63) is 81.8 Å². The van der Waals surface area contributed by atoms with Gasteiger partial charge in [0.15, 0.2) is 5.75 Å². The van der Waals surface area contributed by atoms with Gasteiger partial charge < -0.3 is 19.9 Å². The maximum Gasteiger partial charge on any atom is 0.304 e. The van der Waals surface area contributed by atoms with E-state index in [1.165, 1.54) is 12.1 Å². The molecule has 0 aliphatic heterocycles. The number of nitrogens with one attached hydrogen (secondary N) is 1. The Hall–Kier alpha value is -3.22. The molecular weight excluding hydrogens is 501 g/mol. The Morgan fingerprint density at radius 2 is 1.67 bits per heavy atom. The maximum absolute atomic E-state index is 13.5. The number of carbonyl (C=O) groups is 2. The second-order valence-corrected chi connectivity index (χ2v) is 9.57. The predicted molar refractivity (Wildman–Crippen MR) is 143 cm³/mol. The molecule has 36 heavy (non-hydrogen) atoms. The number of anilines is 1. The van der Waals surface area contributed by atoms with Crippen LogP contribution in [0.5, 0.6) is 17.2 Å². The number of methoxy groups -OCH3 is 1. The minimum Gasteiger partial charge on any atom is -0.496 e. The van der Waals surface area contributed by atoms with Crippen LogP contribution in [0.4, 0.5) is 5.69 Å². The Labute approximate surface area is 221 Å². The fourth-order valence-corrected chi connectivity index (χ4v) is 4.71. The first-order valence-corrected chi connectivity index (χ1v) is 12.3. The Balaban J connectivity index is 1.91. The largest absolute Gasteiger partial charge is 0.496 e. The van der Waals surface area contributed by atoms with E-state index in [9.17, 15) is 14.7 Å². The van der Waals surface area contributed by atoms with Gasteiger partial charge in [0, 0.05) is 11.3 Å². The highest BCUT2D eigenvalue weighted by Gasteiger charge is 2.41. The van der Waals surface area contributed by atoms with Crippen LogP contribution in [0.2, 0.25) is 10.0 Å². The molecule has 0 radical (unpaired) electrons. The van der Waals surface area contributed by atoms with Gasteiger partial charge in [0.1, 0.15) is 11.5 Å². The zero-order chi connectivity index (χ0) is 26.5. The summed E-state index contributed by atoms with van der Waals surface area (Å²) in [5.74, 6) is 0.210. The number of hydrogen-bond donors (Lipinski definition) is 2. The lowest BCUT2D eigenvalue weighted by Crippen LogP contribution is -2.41. The summed E-state index contributed by atoms with van der Waals surface area (Å²) in [5, 5.41) is 12.8. The molecule has 0 aromatic heterocycles. The highest BCUT2D eigenvalue weighted by atomic mass is 35.5. The van der Waals surface area contributed by atoms with Crippen LogP contribution in [0.25, 0.3) is 0 Å². The van der Waals surface area contributed by atoms with Crippen molar-refractivity contribution in [1.29, 1.82) is 0 Å². The van der Waals surface area contributed by atoms with Gasteiger partial charge >= 0.3 is 5.97 Å². The summed E-state index contributed by atoms with van der Waals surface area (Å²) < 4.78 is 11.4. The minimum absolute atomic E-state index is 0.194. The summed E-state index contributed by atoms with van der Waals surface area (Å²) in [6.07, 6.45) is -0.0783. The van der Waals surface area contributed by atoms with Crippen molar-refractivity contribution >= 4 is 40.8 Å². The van der Waals surface area contributed by atoms with E-state index in [-0.39, 0.29) is 34.6 Å². The van der Waals surface area contributed by atoms with E-state index in [4.69, 9.17) is 32.7 Å². The lowest BCUT2D eigenvalue weighted by Gasteiger charge is -2.30. The first-order chi connectivity index (χ1) is 17.1. The molecule has 0 bridgehead atoms. The Morgan fingerprint density at radius 1 is 1.03 bits per heavy atom. The van der Waals surface area contributed by atoms with E-state index in [0.29, 0.717) is 17.0 Å². The SMILES string of the molecule is CCC(CC(=O)O)(C(=O)Nc1cc(Cl)c(Oc2ccc(OC)c(C(C)C)c2)c(Cl)c1)c1ccccc1. The van der Waals surface area contributed by atoms with Gasteiger partial charge in [0.25, 0.3) is 0 Å². The average molecular weight is 530 g/mol. The smallest absolute Gasteiger partial charge is 0.304 e. The van der Waals surface area contributed by atoms with Crippen LogP contribution in [0.3, 0.4) is 0 Å². The van der Waals surface area contributed by atoms with Gasteiger partial charge in [-0.05, 0) is 48.2 Å². The molecule has 1 atom stereocenters. The Bertz CT molecular complexity index is 1220. The fraction of sp³-hybridized carbons (Fsp3) is 0.286. The summed E-state index contributed by atoms with van der Waals surface area (Å²) >= 11 is 13.0. The van der Waals surface area contributed by atoms with Crippen molar-refractivity contribution in [3.63, 3.8) is 0 Å². The third-order valence-electron chi connectivity index (χ3n) is 6.12.